The van der Waals surface area contributed by atoms with Gasteiger partial charge in [-0.3, -0.25) is 9.59 Å². The number of rotatable bonds is 8. The Morgan fingerprint density at radius 1 is 1.17 bits per heavy atom. The number of hydrogen-bond acceptors (Lipinski definition) is 6. The molecule has 2 aromatic carbocycles. The summed E-state index contributed by atoms with van der Waals surface area (Å²) in [5, 5.41) is 2.68. The molecule has 0 heterocycles. The number of anilines is 1. The van der Waals surface area contributed by atoms with Crippen molar-refractivity contribution in [1.29, 1.82) is 0 Å². The van der Waals surface area contributed by atoms with E-state index in [1.165, 1.54) is 46.3 Å². The Bertz CT molecular complexity index is 1020. The number of hydrogen-bond donors (Lipinski definition) is 1. The first-order chi connectivity index (χ1) is 13.6. The molecule has 1 N–H and O–H groups in total. The molecule has 0 aromatic heterocycles. The van der Waals surface area contributed by atoms with Crippen LogP contribution >= 0.6 is 0 Å². The fourth-order valence-corrected chi connectivity index (χ4v) is 3.37. The van der Waals surface area contributed by atoms with Gasteiger partial charge in [0.1, 0.15) is 11.5 Å². The number of methoxy groups -OCH3 is 1. The van der Waals surface area contributed by atoms with Gasteiger partial charge in [-0.25, -0.2) is 12.7 Å². The lowest BCUT2D eigenvalue weighted by Gasteiger charge is -2.18. The summed E-state index contributed by atoms with van der Waals surface area (Å²) < 4.78 is 36.4. The van der Waals surface area contributed by atoms with Crippen molar-refractivity contribution in [3.63, 3.8) is 0 Å². The van der Waals surface area contributed by atoms with Crippen molar-refractivity contribution in [3.05, 3.63) is 47.5 Å². The normalized spacial score (nSPS) is 12.3. The third-order valence-corrected chi connectivity index (χ3v) is 6.07. The highest BCUT2D eigenvalue weighted by atomic mass is 32.2. The highest BCUT2D eigenvalue weighted by molar-refractivity contribution is 7.89. The summed E-state index contributed by atoms with van der Waals surface area (Å²) in [5.41, 5.74) is 1.30. The predicted octanol–water partition coefficient (Wildman–Crippen LogP) is 2.47. The number of nitrogens with zero attached hydrogens (tertiary/aromatic N) is 1. The highest BCUT2D eigenvalue weighted by Crippen LogP contribution is 2.25. The van der Waals surface area contributed by atoms with Crippen LogP contribution in [0.5, 0.6) is 11.5 Å². The quantitative estimate of drug-likeness (QED) is 0.658. The van der Waals surface area contributed by atoms with E-state index < -0.39 is 22.0 Å². The Hall–Kier alpha value is -2.91. The van der Waals surface area contributed by atoms with Crippen LogP contribution in [-0.4, -0.2) is 52.2 Å². The van der Waals surface area contributed by atoms with Crippen molar-refractivity contribution in [2.24, 2.45) is 0 Å². The third-order valence-electron chi connectivity index (χ3n) is 4.26. The van der Waals surface area contributed by atoms with Crippen LogP contribution in [0, 0.1) is 6.92 Å². The van der Waals surface area contributed by atoms with Crippen LogP contribution in [0.15, 0.2) is 41.3 Å². The van der Waals surface area contributed by atoms with Gasteiger partial charge in [0, 0.05) is 19.8 Å². The number of carbonyl (C=O) groups is 2. The Kier molecular flexibility index (Phi) is 6.99. The van der Waals surface area contributed by atoms with E-state index in [-0.39, 0.29) is 16.2 Å². The molecule has 0 saturated carbocycles. The molecule has 0 radical (unpaired) electrons. The number of sulfonamides is 1. The predicted molar refractivity (Wildman–Crippen MR) is 109 cm³/mol. The molecule has 2 rings (SSSR count). The lowest BCUT2D eigenvalue weighted by molar-refractivity contribution is -0.122. The summed E-state index contributed by atoms with van der Waals surface area (Å²) in [5.74, 6) is 0.246. The lowest BCUT2D eigenvalue weighted by Crippen LogP contribution is -2.31. The Morgan fingerprint density at radius 3 is 2.45 bits per heavy atom. The average Bonchev–Trinajstić information content (AvgIpc) is 2.69. The summed E-state index contributed by atoms with van der Waals surface area (Å²) in [4.78, 5) is 23.9. The molecule has 1 amide bonds. The van der Waals surface area contributed by atoms with Crippen LogP contribution in [0.1, 0.15) is 22.8 Å². The molecule has 1 atom stereocenters. The molecule has 0 saturated heterocycles. The molecule has 1 unspecified atom stereocenters. The van der Waals surface area contributed by atoms with Crippen LogP contribution in [-0.2, 0) is 14.8 Å². The van der Waals surface area contributed by atoms with Gasteiger partial charge in [-0.2, -0.15) is 0 Å². The summed E-state index contributed by atoms with van der Waals surface area (Å²) in [6.07, 6.45) is -0.321. The van der Waals surface area contributed by atoms with Crippen molar-refractivity contribution >= 4 is 27.9 Å². The van der Waals surface area contributed by atoms with Gasteiger partial charge in [-0.1, -0.05) is 6.07 Å². The fourth-order valence-electron chi connectivity index (χ4n) is 2.44. The number of amides is 1. The van der Waals surface area contributed by atoms with Crippen molar-refractivity contribution in [2.45, 2.75) is 24.8 Å². The van der Waals surface area contributed by atoms with Gasteiger partial charge < -0.3 is 14.8 Å². The molecule has 0 aliphatic rings. The zero-order valence-corrected chi connectivity index (χ0v) is 17.7. The van der Waals surface area contributed by atoms with Crippen LogP contribution < -0.4 is 14.8 Å². The van der Waals surface area contributed by atoms with Gasteiger partial charge >= 0.3 is 0 Å². The first kappa shape index (κ1) is 22.4. The molecule has 8 nitrogen and oxygen atoms in total. The van der Waals surface area contributed by atoms with Gasteiger partial charge in [0.15, 0.2) is 12.4 Å². The molecule has 0 spiro atoms. The third kappa shape index (κ3) is 5.12. The number of aryl methyl sites for hydroxylation is 1. The van der Waals surface area contributed by atoms with E-state index in [4.69, 9.17) is 9.47 Å². The number of benzene rings is 2. The van der Waals surface area contributed by atoms with E-state index in [9.17, 15) is 18.0 Å². The maximum Gasteiger partial charge on any atom is 0.265 e. The standard InChI is InChI=1S/C20H24N2O6S/c1-13-6-8-17(29(25,26)22(3)4)11-18(13)21-20(24)14(2)28-19-9-7-16(27-5)10-15(19)12-23/h6-12,14H,1-5H3,(H,21,24). The molecular weight excluding hydrogens is 396 g/mol. The minimum absolute atomic E-state index is 0.0652. The zero-order chi connectivity index (χ0) is 21.8. The van der Waals surface area contributed by atoms with E-state index in [0.29, 0.717) is 23.3 Å². The second-order valence-corrected chi connectivity index (χ2v) is 8.69. The SMILES string of the molecule is COc1ccc(OC(C)C(=O)Nc2cc(S(=O)(=O)N(C)C)ccc2C)c(C=O)c1. The van der Waals surface area contributed by atoms with E-state index in [0.717, 1.165) is 4.31 Å². The first-order valence-corrected chi connectivity index (χ1v) is 10.2. The van der Waals surface area contributed by atoms with E-state index in [2.05, 4.69) is 5.32 Å². The average molecular weight is 420 g/mol. The smallest absolute Gasteiger partial charge is 0.265 e. The maximum absolute atomic E-state index is 12.6. The summed E-state index contributed by atoms with van der Waals surface area (Å²) in [7, 11) is 0.710. The van der Waals surface area contributed by atoms with Crippen LogP contribution in [0.3, 0.4) is 0 Å². The van der Waals surface area contributed by atoms with Gasteiger partial charge in [0.05, 0.1) is 17.6 Å². The van der Waals surface area contributed by atoms with Crippen LogP contribution in [0.4, 0.5) is 5.69 Å². The molecule has 0 aliphatic heterocycles. The number of carbonyl (C=O) groups excluding carboxylic acids is 2. The minimum Gasteiger partial charge on any atom is -0.497 e. The van der Waals surface area contributed by atoms with Gasteiger partial charge in [0.25, 0.3) is 5.91 Å². The van der Waals surface area contributed by atoms with Crippen molar-refractivity contribution in [3.8, 4) is 11.5 Å². The molecule has 29 heavy (non-hydrogen) atoms. The molecule has 0 bridgehead atoms. The second-order valence-electron chi connectivity index (χ2n) is 6.54. The van der Waals surface area contributed by atoms with Gasteiger partial charge in [0.2, 0.25) is 10.0 Å². The Morgan fingerprint density at radius 2 is 1.86 bits per heavy atom. The Balaban J connectivity index is 2.21. The van der Waals surface area contributed by atoms with Gasteiger partial charge in [-0.15, -0.1) is 0 Å². The number of nitrogens with one attached hydrogen (secondary N) is 1. The minimum atomic E-state index is -3.64. The monoisotopic (exact) mass is 420 g/mol. The van der Waals surface area contributed by atoms with Gasteiger partial charge in [-0.05, 0) is 49.7 Å². The molecule has 9 heteroatoms. The molecule has 0 fully saturated rings. The maximum atomic E-state index is 12.6. The number of aldehydes is 1. The summed E-state index contributed by atoms with van der Waals surface area (Å²) in [6.45, 7) is 3.28. The van der Waals surface area contributed by atoms with E-state index in [1.54, 1.807) is 25.1 Å². The molecule has 156 valence electrons. The van der Waals surface area contributed by atoms with E-state index in [1.807, 2.05) is 0 Å². The summed E-state index contributed by atoms with van der Waals surface area (Å²) in [6, 6.07) is 9.17. The second kappa shape index (κ2) is 9.06. The molecule has 0 aliphatic carbocycles. The topological polar surface area (TPSA) is 102 Å². The largest absolute Gasteiger partial charge is 0.497 e. The van der Waals surface area contributed by atoms with E-state index >= 15 is 0 Å². The summed E-state index contributed by atoms with van der Waals surface area (Å²) >= 11 is 0. The molecule has 2 aromatic rings. The molecular formula is C20H24N2O6S. The van der Waals surface area contributed by atoms with Crippen molar-refractivity contribution < 1.29 is 27.5 Å². The van der Waals surface area contributed by atoms with Crippen molar-refractivity contribution in [1.82, 2.24) is 4.31 Å². The lowest BCUT2D eigenvalue weighted by atomic mass is 10.2. The van der Waals surface area contributed by atoms with Crippen LogP contribution in [0.2, 0.25) is 0 Å². The highest BCUT2D eigenvalue weighted by Gasteiger charge is 2.21. The Labute approximate surface area is 170 Å². The first-order valence-electron chi connectivity index (χ1n) is 8.74. The van der Waals surface area contributed by atoms with Crippen molar-refractivity contribution in [2.75, 3.05) is 26.5 Å². The number of ether oxygens (including phenoxy) is 2. The fraction of sp³-hybridized carbons (Fsp3) is 0.300. The van der Waals surface area contributed by atoms with Crippen LogP contribution in [0.25, 0.3) is 0 Å². The zero-order valence-electron chi connectivity index (χ0n) is 16.9.